The first kappa shape index (κ1) is 17.1. The van der Waals surface area contributed by atoms with Crippen LogP contribution < -0.4 is 5.56 Å². The first-order valence-corrected chi connectivity index (χ1v) is 8.74. The van der Waals surface area contributed by atoms with Gasteiger partial charge in [0.2, 0.25) is 17.6 Å². The van der Waals surface area contributed by atoms with E-state index in [2.05, 4.69) is 15.1 Å². The molecule has 0 aliphatic carbocycles. The number of hydrogen-bond donors (Lipinski definition) is 0. The van der Waals surface area contributed by atoms with Gasteiger partial charge in [0.15, 0.2) is 0 Å². The van der Waals surface area contributed by atoms with E-state index >= 15 is 0 Å². The predicted octanol–water partition coefficient (Wildman–Crippen LogP) is 1.61. The molecule has 0 atom stereocenters. The van der Waals surface area contributed by atoms with E-state index in [1.807, 2.05) is 30.3 Å². The van der Waals surface area contributed by atoms with Gasteiger partial charge in [-0.25, -0.2) is 4.98 Å². The van der Waals surface area contributed by atoms with Gasteiger partial charge in [0.1, 0.15) is 5.82 Å². The Kier molecular flexibility index (Phi) is 4.31. The van der Waals surface area contributed by atoms with Gasteiger partial charge in [0.05, 0.1) is 24.3 Å². The fourth-order valence-electron chi connectivity index (χ4n) is 3.14. The second-order valence-corrected chi connectivity index (χ2v) is 6.58. The summed E-state index contributed by atoms with van der Waals surface area (Å²) < 4.78 is 6.76. The maximum atomic E-state index is 12.5. The van der Waals surface area contributed by atoms with Gasteiger partial charge >= 0.3 is 0 Å². The summed E-state index contributed by atoms with van der Waals surface area (Å²) >= 11 is 0. The molecule has 1 amide bonds. The molecule has 0 fully saturated rings. The Hall–Kier alpha value is -3.29. The molecule has 3 heterocycles. The molecule has 1 aliphatic rings. The van der Waals surface area contributed by atoms with Crippen LogP contribution in [0.4, 0.5) is 0 Å². The number of amides is 1. The number of rotatable bonds is 4. The molecule has 4 rings (SSSR count). The minimum atomic E-state index is -0.0859. The van der Waals surface area contributed by atoms with Crippen LogP contribution in [0.15, 0.2) is 39.6 Å². The fourth-order valence-corrected chi connectivity index (χ4v) is 3.14. The number of aromatic nitrogens is 4. The highest BCUT2D eigenvalue weighted by Gasteiger charge is 2.28. The van der Waals surface area contributed by atoms with Crippen LogP contribution in [-0.4, -0.2) is 30.5 Å². The Morgan fingerprint density at radius 1 is 1.19 bits per heavy atom. The van der Waals surface area contributed by atoms with Gasteiger partial charge in [0.25, 0.3) is 5.56 Å². The third-order valence-electron chi connectivity index (χ3n) is 4.79. The highest BCUT2D eigenvalue weighted by Crippen LogP contribution is 2.20. The van der Waals surface area contributed by atoms with Crippen molar-refractivity contribution in [3.63, 3.8) is 0 Å². The summed E-state index contributed by atoms with van der Waals surface area (Å²) in [6.07, 6.45) is 0.597. The largest absolute Gasteiger partial charge is 0.339 e. The van der Waals surface area contributed by atoms with Gasteiger partial charge in [0, 0.05) is 25.5 Å². The Bertz CT molecular complexity index is 1050. The molecular weight excluding hydrogens is 346 g/mol. The SMILES string of the molecule is Cc1nc2c(c(=O)n1C)CN(C(=O)CCc1nc(-c3ccccc3)no1)C2. The summed E-state index contributed by atoms with van der Waals surface area (Å²) in [4.78, 5) is 35.3. The molecule has 8 nitrogen and oxygen atoms in total. The minimum Gasteiger partial charge on any atom is -0.339 e. The van der Waals surface area contributed by atoms with Gasteiger partial charge in [-0.05, 0) is 6.92 Å². The van der Waals surface area contributed by atoms with E-state index in [0.717, 1.165) is 5.56 Å². The molecule has 1 aromatic carbocycles. The number of fused-ring (bicyclic) bond motifs is 1. The maximum absolute atomic E-state index is 12.5. The lowest BCUT2D eigenvalue weighted by atomic mass is 10.2. The number of carbonyl (C=O) groups excluding carboxylic acids is 1. The highest BCUT2D eigenvalue weighted by molar-refractivity contribution is 5.77. The smallest absolute Gasteiger partial charge is 0.258 e. The van der Waals surface area contributed by atoms with Gasteiger partial charge in [-0.15, -0.1) is 0 Å². The van der Waals surface area contributed by atoms with Gasteiger partial charge in [-0.3, -0.25) is 14.2 Å². The topological polar surface area (TPSA) is 94.1 Å². The van der Waals surface area contributed by atoms with Crippen molar-refractivity contribution in [2.24, 2.45) is 7.05 Å². The highest BCUT2D eigenvalue weighted by atomic mass is 16.5. The van der Waals surface area contributed by atoms with E-state index in [1.54, 1.807) is 18.9 Å². The van der Waals surface area contributed by atoms with Gasteiger partial charge < -0.3 is 9.42 Å². The molecule has 0 unspecified atom stereocenters. The summed E-state index contributed by atoms with van der Waals surface area (Å²) in [5.74, 6) is 1.51. The summed E-state index contributed by atoms with van der Waals surface area (Å²) in [7, 11) is 1.69. The first-order chi connectivity index (χ1) is 13.0. The third-order valence-corrected chi connectivity index (χ3v) is 4.79. The van der Waals surface area contributed by atoms with Crippen LogP contribution in [0.25, 0.3) is 11.4 Å². The lowest BCUT2D eigenvalue weighted by Crippen LogP contribution is -2.27. The second kappa shape index (κ2) is 6.79. The number of nitrogens with zero attached hydrogens (tertiary/aromatic N) is 5. The summed E-state index contributed by atoms with van der Waals surface area (Å²) in [5.41, 5.74) is 2.07. The van der Waals surface area contributed by atoms with Crippen LogP contribution in [0, 0.1) is 6.92 Å². The monoisotopic (exact) mass is 365 g/mol. The minimum absolute atomic E-state index is 0.0628. The van der Waals surface area contributed by atoms with Crippen LogP contribution in [0.2, 0.25) is 0 Å². The number of hydrogen-bond acceptors (Lipinski definition) is 6. The molecule has 0 saturated heterocycles. The van der Waals surface area contributed by atoms with Crippen molar-refractivity contribution in [1.29, 1.82) is 0 Å². The third kappa shape index (κ3) is 3.25. The van der Waals surface area contributed by atoms with Crippen molar-refractivity contribution in [3.8, 4) is 11.4 Å². The summed E-state index contributed by atoms with van der Waals surface area (Å²) in [5, 5.41) is 3.96. The van der Waals surface area contributed by atoms with Crippen LogP contribution >= 0.6 is 0 Å². The van der Waals surface area contributed by atoms with E-state index in [-0.39, 0.29) is 17.9 Å². The molecule has 27 heavy (non-hydrogen) atoms. The molecule has 2 aromatic heterocycles. The summed E-state index contributed by atoms with van der Waals surface area (Å²) in [6.45, 7) is 2.45. The van der Waals surface area contributed by atoms with Crippen molar-refractivity contribution in [3.05, 3.63) is 63.7 Å². The number of benzene rings is 1. The maximum Gasteiger partial charge on any atom is 0.258 e. The molecule has 1 aliphatic heterocycles. The molecule has 0 N–H and O–H groups in total. The van der Waals surface area contributed by atoms with Crippen molar-refractivity contribution in [2.75, 3.05) is 0 Å². The van der Waals surface area contributed by atoms with Crippen LogP contribution in [0.3, 0.4) is 0 Å². The molecule has 0 spiro atoms. The molecule has 0 saturated carbocycles. The van der Waals surface area contributed by atoms with Crippen LogP contribution in [-0.2, 0) is 31.4 Å². The Morgan fingerprint density at radius 3 is 2.74 bits per heavy atom. The molecule has 138 valence electrons. The van der Waals surface area contributed by atoms with E-state index < -0.39 is 0 Å². The standard InChI is InChI=1S/C19H19N5O3/c1-12-20-15-11-24(10-14(15)19(26)23(12)2)17(25)9-8-16-21-18(22-27-16)13-6-4-3-5-7-13/h3-7H,8-11H2,1-2H3. The van der Waals surface area contributed by atoms with E-state index in [9.17, 15) is 9.59 Å². The Balaban J connectivity index is 1.40. The van der Waals surface area contributed by atoms with Crippen molar-refractivity contribution in [1.82, 2.24) is 24.6 Å². The first-order valence-electron chi connectivity index (χ1n) is 8.74. The number of carbonyl (C=O) groups is 1. The van der Waals surface area contributed by atoms with Crippen molar-refractivity contribution >= 4 is 5.91 Å². The van der Waals surface area contributed by atoms with Gasteiger partial charge in [-0.2, -0.15) is 4.98 Å². The zero-order valence-corrected chi connectivity index (χ0v) is 15.2. The predicted molar refractivity (Wildman–Crippen MR) is 96.5 cm³/mol. The molecule has 0 radical (unpaired) electrons. The quantitative estimate of drug-likeness (QED) is 0.697. The summed E-state index contributed by atoms with van der Waals surface area (Å²) in [6, 6.07) is 9.52. The lowest BCUT2D eigenvalue weighted by molar-refractivity contribution is -0.131. The van der Waals surface area contributed by atoms with Gasteiger partial charge in [-0.1, -0.05) is 35.5 Å². The van der Waals surface area contributed by atoms with Crippen molar-refractivity contribution in [2.45, 2.75) is 32.9 Å². The second-order valence-electron chi connectivity index (χ2n) is 6.58. The lowest BCUT2D eigenvalue weighted by Gasteiger charge is -2.13. The molecule has 3 aromatic rings. The van der Waals surface area contributed by atoms with E-state index in [4.69, 9.17) is 4.52 Å². The fraction of sp³-hybridized carbons (Fsp3) is 0.316. The molecule has 8 heteroatoms. The normalized spacial score (nSPS) is 13.0. The average molecular weight is 365 g/mol. The zero-order chi connectivity index (χ0) is 19.0. The molecular formula is C19H19N5O3. The number of aryl methyl sites for hydroxylation is 2. The van der Waals surface area contributed by atoms with Crippen LogP contribution in [0.5, 0.6) is 0 Å². The Morgan fingerprint density at radius 2 is 1.96 bits per heavy atom. The Labute approximate surface area is 155 Å². The molecule has 0 bridgehead atoms. The van der Waals surface area contributed by atoms with Crippen LogP contribution in [0.1, 0.15) is 29.4 Å². The average Bonchev–Trinajstić information content (AvgIpc) is 3.32. The van der Waals surface area contributed by atoms with E-state index in [0.29, 0.717) is 48.3 Å². The van der Waals surface area contributed by atoms with Crippen molar-refractivity contribution < 1.29 is 9.32 Å². The zero-order valence-electron chi connectivity index (χ0n) is 15.2. The van der Waals surface area contributed by atoms with E-state index in [1.165, 1.54) is 4.57 Å².